The summed E-state index contributed by atoms with van der Waals surface area (Å²) in [5.74, 6) is 1.93. The summed E-state index contributed by atoms with van der Waals surface area (Å²) in [5, 5.41) is 3.62. The Hall–Kier alpha value is -1.58. The molecule has 1 aliphatic carbocycles. The van der Waals surface area contributed by atoms with Crippen LogP contribution in [0.5, 0.6) is 0 Å². The van der Waals surface area contributed by atoms with Crippen LogP contribution in [0.25, 0.3) is 0 Å². The van der Waals surface area contributed by atoms with Crippen LogP contribution in [0.15, 0.2) is 40.8 Å². The molecule has 0 saturated carbocycles. The molecule has 19 heavy (non-hydrogen) atoms. The van der Waals surface area contributed by atoms with E-state index in [9.17, 15) is 0 Å². The van der Waals surface area contributed by atoms with Crippen molar-refractivity contribution < 1.29 is 4.42 Å². The summed E-state index contributed by atoms with van der Waals surface area (Å²) < 4.78 is 5.68. The van der Waals surface area contributed by atoms with Gasteiger partial charge < -0.3 is 15.5 Å². The molecule has 3 atom stereocenters. The summed E-state index contributed by atoms with van der Waals surface area (Å²) in [7, 11) is 0. The third kappa shape index (κ3) is 2.31. The molecule has 0 saturated heterocycles. The molecule has 1 aliphatic rings. The number of hydrogen-bond donors (Lipinski definition) is 2. The van der Waals surface area contributed by atoms with Gasteiger partial charge in [0.05, 0.1) is 6.04 Å². The molecule has 0 amide bonds. The average molecular weight is 256 g/mol. The van der Waals surface area contributed by atoms with E-state index in [0.717, 1.165) is 17.9 Å². The number of nitrogens with two attached hydrogens (primary N) is 1. The molecule has 0 bridgehead atoms. The van der Waals surface area contributed by atoms with Crippen molar-refractivity contribution in [2.45, 2.75) is 38.4 Å². The van der Waals surface area contributed by atoms with E-state index >= 15 is 0 Å². The first-order valence-corrected chi connectivity index (χ1v) is 6.82. The van der Waals surface area contributed by atoms with E-state index in [1.807, 2.05) is 19.1 Å². The topological polar surface area (TPSA) is 51.2 Å². The SMILES string of the molecule is Cc1ccc(C(C)NC2CC(N)c3ccccc32)o1. The van der Waals surface area contributed by atoms with E-state index < -0.39 is 0 Å². The first kappa shape index (κ1) is 12.5. The van der Waals surface area contributed by atoms with Crippen LogP contribution in [-0.4, -0.2) is 0 Å². The van der Waals surface area contributed by atoms with Crippen LogP contribution in [0.1, 0.15) is 54.1 Å². The lowest BCUT2D eigenvalue weighted by Gasteiger charge is -2.19. The summed E-state index contributed by atoms with van der Waals surface area (Å²) >= 11 is 0. The summed E-state index contributed by atoms with van der Waals surface area (Å²) in [6, 6.07) is 13.1. The van der Waals surface area contributed by atoms with Crippen LogP contribution in [-0.2, 0) is 0 Å². The van der Waals surface area contributed by atoms with Gasteiger partial charge in [-0.1, -0.05) is 24.3 Å². The molecule has 3 N–H and O–H groups in total. The van der Waals surface area contributed by atoms with Gasteiger partial charge in [-0.3, -0.25) is 0 Å². The molecule has 3 heteroatoms. The highest BCUT2D eigenvalue weighted by atomic mass is 16.3. The maximum absolute atomic E-state index is 6.19. The Morgan fingerprint density at radius 3 is 2.63 bits per heavy atom. The van der Waals surface area contributed by atoms with Crippen LogP contribution >= 0.6 is 0 Å². The fourth-order valence-electron chi connectivity index (χ4n) is 2.90. The van der Waals surface area contributed by atoms with Crippen molar-refractivity contribution in [1.82, 2.24) is 5.32 Å². The zero-order valence-corrected chi connectivity index (χ0v) is 11.4. The van der Waals surface area contributed by atoms with Crippen molar-refractivity contribution >= 4 is 0 Å². The number of benzene rings is 1. The zero-order valence-electron chi connectivity index (χ0n) is 11.4. The summed E-state index contributed by atoms with van der Waals surface area (Å²) in [6.45, 7) is 4.10. The fraction of sp³-hybridized carbons (Fsp3) is 0.375. The first-order valence-electron chi connectivity index (χ1n) is 6.82. The molecule has 100 valence electrons. The average Bonchev–Trinajstić information content (AvgIpc) is 2.96. The Bertz CT molecular complexity index is 576. The monoisotopic (exact) mass is 256 g/mol. The van der Waals surface area contributed by atoms with Gasteiger partial charge in [0.2, 0.25) is 0 Å². The third-order valence-electron chi connectivity index (χ3n) is 3.90. The van der Waals surface area contributed by atoms with Crippen molar-refractivity contribution in [3.8, 4) is 0 Å². The van der Waals surface area contributed by atoms with Crippen LogP contribution in [0.2, 0.25) is 0 Å². The molecule has 2 aromatic rings. The van der Waals surface area contributed by atoms with Crippen LogP contribution < -0.4 is 11.1 Å². The van der Waals surface area contributed by atoms with E-state index in [1.165, 1.54) is 11.1 Å². The Balaban J connectivity index is 1.78. The van der Waals surface area contributed by atoms with Gasteiger partial charge in [0.1, 0.15) is 11.5 Å². The van der Waals surface area contributed by atoms with Crippen LogP contribution in [0.4, 0.5) is 0 Å². The Morgan fingerprint density at radius 2 is 1.95 bits per heavy atom. The number of hydrogen-bond acceptors (Lipinski definition) is 3. The van der Waals surface area contributed by atoms with Gasteiger partial charge in [0, 0.05) is 12.1 Å². The molecule has 3 rings (SSSR count). The summed E-state index contributed by atoms with van der Waals surface area (Å²) in [5.41, 5.74) is 8.78. The molecule has 1 aromatic heterocycles. The Kier molecular flexibility index (Phi) is 3.17. The standard InChI is InChI=1S/C16H20N2O/c1-10-7-8-16(19-10)11(2)18-15-9-14(17)12-5-3-4-6-13(12)15/h3-8,11,14-15,18H,9,17H2,1-2H3. The highest BCUT2D eigenvalue weighted by Gasteiger charge is 2.29. The lowest BCUT2D eigenvalue weighted by Crippen LogP contribution is -2.23. The molecule has 1 aromatic carbocycles. The predicted molar refractivity (Wildman–Crippen MR) is 75.7 cm³/mol. The van der Waals surface area contributed by atoms with E-state index in [-0.39, 0.29) is 12.1 Å². The number of rotatable bonds is 3. The second-order valence-corrected chi connectivity index (χ2v) is 5.36. The number of aryl methyl sites for hydroxylation is 1. The van der Waals surface area contributed by atoms with Crippen molar-refractivity contribution in [3.05, 3.63) is 59.0 Å². The van der Waals surface area contributed by atoms with Crippen molar-refractivity contribution in [2.24, 2.45) is 5.73 Å². The Labute approximate surface area is 113 Å². The van der Waals surface area contributed by atoms with E-state index in [2.05, 4.69) is 36.5 Å². The normalized spacial score (nSPS) is 23.3. The molecule has 3 nitrogen and oxygen atoms in total. The number of nitrogens with one attached hydrogen (secondary N) is 1. The highest BCUT2D eigenvalue weighted by molar-refractivity contribution is 5.37. The lowest BCUT2D eigenvalue weighted by atomic mass is 10.1. The van der Waals surface area contributed by atoms with Crippen molar-refractivity contribution in [2.75, 3.05) is 0 Å². The van der Waals surface area contributed by atoms with Gasteiger partial charge in [0.15, 0.2) is 0 Å². The smallest absolute Gasteiger partial charge is 0.120 e. The summed E-state index contributed by atoms with van der Waals surface area (Å²) in [6.07, 6.45) is 0.948. The number of furan rings is 1. The second-order valence-electron chi connectivity index (χ2n) is 5.36. The molecular weight excluding hydrogens is 236 g/mol. The first-order chi connectivity index (χ1) is 9.15. The molecule has 0 radical (unpaired) electrons. The van der Waals surface area contributed by atoms with E-state index in [0.29, 0.717) is 6.04 Å². The van der Waals surface area contributed by atoms with Gasteiger partial charge in [-0.15, -0.1) is 0 Å². The molecular formula is C16H20N2O. The third-order valence-corrected chi connectivity index (χ3v) is 3.90. The van der Waals surface area contributed by atoms with Crippen LogP contribution in [0.3, 0.4) is 0 Å². The largest absolute Gasteiger partial charge is 0.465 e. The highest BCUT2D eigenvalue weighted by Crippen LogP contribution is 2.38. The lowest BCUT2D eigenvalue weighted by molar-refractivity contribution is 0.376. The quantitative estimate of drug-likeness (QED) is 0.885. The molecule has 0 aliphatic heterocycles. The fourth-order valence-corrected chi connectivity index (χ4v) is 2.90. The van der Waals surface area contributed by atoms with Gasteiger partial charge in [-0.25, -0.2) is 0 Å². The van der Waals surface area contributed by atoms with Gasteiger partial charge in [-0.2, -0.15) is 0 Å². The maximum atomic E-state index is 6.19. The Morgan fingerprint density at radius 1 is 1.21 bits per heavy atom. The molecule has 1 heterocycles. The van der Waals surface area contributed by atoms with Gasteiger partial charge in [0.25, 0.3) is 0 Å². The molecule has 3 unspecified atom stereocenters. The minimum Gasteiger partial charge on any atom is -0.465 e. The summed E-state index contributed by atoms with van der Waals surface area (Å²) in [4.78, 5) is 0. The number of fused-ring (bicyclic) bond motifs is 1. The second kappa shape index (κ2) is 4.83. The maximum Gasteiger partial charge on any atom is 0.120 e. The molecule has 0 spiro atoms. The van der Waals surface area contributed by atoms with Crippen molar-refractivity contribution in [3.63, 3.8) is 0 Å². The minimum absolute atomic E-state index is 0.138. The van der Waals surface area contributed by atoms with Gasteiger partial charge in [-0.05, 0) is 43.5 Å². The zero-order chi connectivity index (χ0) is 13.4. The van der Waals surface area contributed by atoms with E-state index in [1.54, 1.807) is 0 Å². The molecule has 0 fully saturated rings. The van der Waals surface area contributed by atoms with Gasteiger partial charge >= 0.3 is 0 Å². The van der Waals surface area contributed by atoms with E-state index in [4.69, 9.17) is 10.2 Å². The predicted octanol–water partition coefficient (Wildman–Crippen LogP) is 3.38. The van der Waals surface area contributed by atoms with Crippen molar-refractivity contribution in [1.29, 1.82) is 0 Å². The minimum atomic E-state index is 0.138. The van der Waals surface area contributed by atoms with Crippen LogP contribution in [0, 0.1) is 6.92 Å².